The highest BCUT2D eigenvalue weighted by atomic mass is 35.5. The van der Waals surface area contributed by atoms with Crippen molar-refractivity contribution < 1.29 is 0 Å². The third-order valence-electron chi connectivity index (χ3n) is 3.28. The molecule has 1 aromatic heterocycles. The molecule has 1 aliphatic rings. The quantitative estimate of drug-likeness (QED) is 0.791. The van der Waals surface area contributed by atoms with Crippen LogP contribution in [0.1, 0.15) is 19.3 Å². The molecule has 3 rings (SSSR count). The summed E-state index contributed by atoms with van der Waals surface area (Å²) in [6.07, 6.45) is 5.30. The predicted molar refractivity (Wildman–Crippen MR) is 75.1 cm³/mol. The van der Waals surface area contributed by atoms with Gasteiger partial charge < -0.3 is 0 Å². The Labute approximate surface area is 112 Å². The van der Waals surface area contributed by atoms with Crippen molar-refractivity contribution in [2.45, 2.75) is 19.3 Å². The molecule has 0 saturated carbocycles. The molecule has 2 aromatic rings. The Morgan fingerprint density at radius 2 is 1.78 bits per heavy atom. The van der Waals surface area contributed by atoms with Gasteiger partial charge in [-0.3, -0.25) is 9.80 Å². The summed E-state index contributed by atoms with van der Waals surface area (Å²) in [6, 6.07) is 7.60. The molecule has 4 nitrogen and oxygen atoms in total. The van der Waals surface area contributed by atoms with Crippen molar-refractivity contribution in [1.82, 2.24) is 9.89 Å². The third kappa shape index (κ3) is 2.20. The zero-order valence-corrected chi connectivity index (χ0v) is 10.9. The second-order valence-corrected chi connectivity index (χ2v) is 4.44. The number of fused-ring (bicyclic) bond motifs is 1. The summed E-state index contributed by atoms with van der Waals surface area (Å²) >= 11 is 0. The molecule has 0 N–H and O–H groups in total. The van der Waals surface area contributed by atoms with Gasteiger partial charge in [-0.15, -0.1) is 17.2 Å². The smallest absolute Gasteiger partial charge is 0.293 e. The second kappa shape index (κ2) is 5.40. The summed E-state index contributed by atoms with van der Waals surface area (Å²) < 4.78 is 0. The summed E-state index contributed by atoms with van der Waals surface area (Å²) in [5, 5.41) is 7.95. The van der Waals surface area contributed by atoms with Crippen molar-refractivity contribution in [3.8, 4) is 0 Å². The van der Waals surface area contributed by atoms with E-state index in [2.05, 4.69) is 5.10 Å². The topological polar surface area (TPSA) is 38.1 Å². The van der Waals surface area contributed by atoms with Crippen LogP contribution in [0.15, 0.2) is 35.3 Å². The summed E-state index contributed by atoms with van der Waals surface area (Å²) in [6.45, 7) is 1.84. The van der Waals surface area contributed by atoms with Crippen LogP contribution >= 0.6 is 12.4 Å². The van der Waals surface area contributed by atoms with Crippen LogP contribution in [0.5, 0.6) is 0 Å². The number of benzene rings is 1. The van der Waals surface area contributed by atoms with Crippen LogP contribution in [-0.4, -0.2) is 23.0 Å². The fourth-order valence-corrected chi connectivity index (χ4v) is 2.35. The van der Waals surface area contributed by atoms with Gasteiger partial charge in [0.05, 0.1) is 11.6 Å². The molecule has 0 spiro atoms. The Morgan fingerprint density at radius 3 is 2.56 bits per heavy atom. The van der Waals surface area contributed by atoms with Crippen LogP contribution in [0.2, 0.25) is 0 Å². The third-order valence-corrected chi connectivity index (χ3v) is 3.28. The van der Waals surface area contributed by atoms with Crippen LogP contribution in [0.25, 0.3) is 10.8 Å². The maximum atomic E-state index is 12.3. The monoisotopic (exact) mass is 265 g/mol. The molecule has 0 bridgehead atoms. The highest BCUT2D eigenvalue weighted by Gasteiger charge is 2.13. The Balaban J connectivity index is 0.00000120. The van der Waals surface area contributed by atoms with Crippen molar-refractivity contribution in [2.75, 3.05) is 18.1 Å². The summed E-state index contributed by atoms with van der Waals surface area (Å²) in [7, 11) is 0. The Bertz CT molecular complexity index is 590. The number of aromatic nitrogens is 2. The maximum Gasteiger partial charge on any atom is 0.293 e. The lowest BCUT2D eigenvalue weighted by atomic mass is 10.2. The van der Waals surface area contributed by atoms with Gasteiger partial charge in [-0.2, -0.15) is 5.10 Å². The highest BCUT2D eigenvalue weighted by Crippen LogP contribution is 2.09. The van der Waals surface area contributed by atoms with E-state index >= 15 is 0 Å². The van der Waals surface area contributed by atoms with Crippen molar-refractivity contribution in [1.29, 1.82) is 0 Å². The molecule has 0 amide bonds. The highest BCUT2D eigenvalue weighted by molar-refractivity contribution is 5.85. The molecule has 0 unspecified atom stereocenters. The van der Waals surface area contributed by atoms with Crippen LogP contribution in [0, 0.1) is 0 Å². The van der Waals surface area contributed by atoms with Crippen LogP contribution in [0.4, 0.5) is 0 Å². The van der Waals surface area contributed by atoms with E-state index in [-0.39, 0.29) is 18.0 Å². The van der Waals surface area contributed by atoms with Gasteiger partial charge in [0.1, 0.15) is 0 Å². The minimum atomic E-state index is -0.00926. The lowest BCUT2D eigenvalue weighted by Gasteiger charge is -2.28. The van der Waals surface area contributed by atoms with Gasteiger partial charge in [-0.05, 0) is 25.3 Å². The molecule has 96 valence electrons. The number of halogens is 1. The normalized spacial score (nSPS) is 15.4. The van der Waals surface area contributed by atoms with Crippen LogP contribution < -0.4 is 10.6 Å². The van der Waals surface area contributed by atoms with Gasteiger partial charge in [-0.25, -0.2) is 0 Å². The minimum Gasteiger partial charge on any atom is -0.293 e. The molecular weight excluding hydrogens is 250 g/mol. The molecule has 2 heterocycles. The molecule has 1 fully saturated rings. The SMILES string of the molecule is Cl.O=c1c2ccccc2cnn1N1CCCCC1. The molecule has 0 aliphatic carbocycles. The molecule has 1 aliphatic heterocycles. The average Bonchev–Trinajstić information content (AvgIpc) is 2.40. The van der Waals surface area contributed by atoms with Crippen molar-refractivity contribution in [3.63, 3.8) is 0 Å². The molecular formula is C13H16ClN3O. The first kappa shape index (κ1) is 12.9. The molecule has 1 aromatic carbocycles. The number of hydrogen-bond donors (Lipinski definition) is 0. The lowest BCUT2D eigenvalue weighted by molar-refractivity contribution is 0.436. The van der Waals surface area contributed by atoms with E-state index in [1.54, 1.807) is 6.20 Å². The average molecular weight is 266 g/mol. The summed E-state index contributed by atoms with van der Waals surface area (Å²) in [5.74, 6) is 0. The minimum absolute atomic E-state index is 0. The predicted octanol–water partition coefficient (Wildman–Crippen LogP) is 1.94. The van der Waals surface area contributed by atoms with Gasteiger partial charge in [0.15, 0.2) is 0 Å². The number of piperidine rings is 1. The van der Waals surface area contributed by atoms with Crippen LogP contribution in [0.3, 0.4) is 0 Å². The Hall–Kier alpha value is -1.55. The molecule has 0 radical (unpaired) electrons. The van der Waals surface area contributed by atoms with Gasteiger partial charge in [0.25, 0.3) is 5.56 Å². The zero-order valence-electron chi connectivity index (χ0n) is 10.1. The fraction of sp³-hybridized carbons (Fsp3) is 0.385. The Morgan fingerprint density at radius 1 is 1.06 bits per heavy atom. The van der Waals surface area contributed by atoms with E-state index in [9.17, 15) is 4.79 Å². The summed E-state index contributed by atoms with van der Waals surface area (Å²) in [5.41, 5.74) is -0.00926. The molecule has 1 saturated heterocycles. The first-order chi connectivity index (χ1) is 8.36. The molecule has 0 atom stereocenters. The molecule has 18 heavy (non-hydrogen) atoms. The maximum absolute atomic E-state index is 12.3. The van der Waals surface area contributed by atoms with E-state index in [0.29, 0.717) is 0 Å². The zero-order chi connectivity index (χ0) is 11.7. The van der Waals surface area contributed by atoms with Gasteiger partial charge >= 0.3 is 0 Å². The van der Waals surface area contributed by atoms with Gasteiger partial charge in [0, 0.05) is 18.5 Å². The number of nitrogens with zero attached hydrogens (tertiary/aromatic N) is 3. The van der Waals surface area contributed by atoms with E-state index in [0.717, 1.165) is 36.7 Å². The number of hydrogen-bond acceptors (Lipinski definition) is 3. The standard InChI is InChI=1S/C13H15N3O.ClH/c17-13-12-7-3-2-6-11(12)10-14-16(13)15-8-4-1-5-9-15;/h2-3,6-7,10H,1,4-5,8-9H2;1H. The number of rotatable bonds is 1. The first-order valence-corrected chi connectivity index (χ1v) is 6.08. The van der Waals surface area contributed by atoms with E-state index in [1.807, 2.05) is 29.3 Å². The van der Waals surface area contributed by atoms with E-state index < -0.39 is 0 Å². The largest absolute Gasteiger partial charge is 0.293 e. The van der Waals surface area contributed by atoms with Gasteiger partial charge in [0.2, 0.25) is 0 Å². The van der Waals surface area contributed by atoms with Crippen LogP contribution in [-0.2, 0) is 0 Å². The van der Waals surface area contributed by atoms with Gasteiger partial charge in [-0.1, -0.05) is 18.2 Å². The fourth-order valence-electron chi connectivity index (χ4n) is 2.35. The van der Waals surface area contributed by atoms with Crippen molar-refractivity contribution >= 4 is 23.2 Å². The van der Waals surface area contributed by atoms with E-state index in [4.69, 9.17) is 0 Å². The van der Waals surface area contributed by atoms with Crippen molar-refractivity contribution in [2.24, 2.45) is 0 Å². The molecule has 5 heteroatoms. The Kier molecular flexibility index (Phi) is 3.87. The van der Waals surface area contributed by atoms with Crippen molar-refractivity contribution in [3.05, 3.63) is 40.8 Å². The lowest BCUT2D eigenvalue weighted by Crippen LogP contribution is -2.46. The summed E-state index contributed by atoms with van der Waals surface area (Å²) in [4.78, 5) is 13.8. The van der Waals surface area contributed by atoms with E-state index in [1.165, 1.54) is 11.2 Å². The second-order valence-electron chi connectivity index (χ2n) is 4.44. The first-order valence-electron chi connectivity index (χ1n) is 6.08.